The molecular formula is C16H8. The molecule has 5 aromatic carbocycles. The second kappa shape index (κ2) is 1.41. The zero-order chi connectivity index (χ0) is 9.76. The Hall–Kier alpha value is -1.56. The van der Waals surface area contributed by atoms with Crippen LogP contribution in [0.2, 0.25) is 0 Å². The minimum Gasteiger partial charge on any atom is -0.0353 e. The highest BCUT2D eigenvalue weighted by Crippen LogP contribution is 2.66. The van der Waals surface area contributed by atoms with Crippen LogP contribution in [-0.4, -0.2) is 0 Å². The fourth-order valence-electron chi connectivity index (χ4n) is 4.75. The third kappa shape index (κ3) is 0.310. The number of rotatable bonds is 0. The monoisotopic (exact) mass is 200 g/mol. The maximum atomic E-state index is 1.73. The van der Waals surface area contributed by atoms with E-state index in [2.05, 4.69) is 0 Å². The lowest BCUT2D eigenvalue weighted by molar-refractivity contribution is 0.848. The van der Waals surface area contributed by atoms with Gasteiger partial charge in [-0.1, -0.05) is 0 Å². The van der Waals surface area contributed by atoms with E-state index in [1.54, 1.807) is 65.3 Å². The molecule has 0 saturated carbocycles. The quantitative estimate of drug-likeness (QED) is 0.357. The first-order valence-corrected chi connectivity index (χ1v) is 6.41. The molecule has 0 aliphatic heterocycles. The topological polar surface area (TPSA) is 0 Å². The first kappa shape index (κ1) is 6.24. The smallest absolute Gasteiger partial charge is 0.000398 e. The Bertz CT molecular complexity index is 831. The lowest BCUT2D eigenvalue weighted by Crippen LogP contribution is -2.23. The molecule has 0 saturated heterocycles. The Kier molecular flexibility index (Phi) is 0.549. The summed E-state index contributed by atoms with van der Waals surface area (Å²) in [6, 6.07) is 0. The van der Waals surface area contributed by atoms with Crippen molar-refractivity contribution in [2.24, 2.45) is 0 Å². The van der Waals surface area contributed by atoms with Gasteiger partial charge in [-0.2, -0.15) is 0 Å². The molecule has 0 aromatic heterocycles. The molecule has 0 spiro atoms. The summed E-state index contributed by atoms with van der Waals surface area (Å²) >= 11 is 0. The van der Waals surface area contributed by atoms with Crippen molar-refractivity contribution in [1.29, 1.82) is 0 Å². The van der Waals surface area contributed by atoms with E-state index < -0.39 is 0 Å². The summed E-state index contributed by atoms with van der Waals surface area (Å²) in [4.78, 5) is 0. The van der Waals surface area contributed by atoms with Crippen LogP contribution in [-0.2, 0) is 25.7 Å². The molecule has 0 unspecified atom stereocenters. The Morgan fingerprint density at radius 2 is 0.562 bits per heavy atom. The third-order valence-electron chi connectivity index (χ3n) is 5.69. The van der Waals surface area contributed by atoms with Crippen molar-refractivity contribution >= 4 is 43.1 Å². The van der Waals surface area contributed by atoms with Gasteiger partial charge < -0.3 is 0 Å². The number of hydrogen-bond acceptors (Lipinski definition) is 0. The number of aryl methyl sites for hydroxylation is 4. The maximum absolute atomic E-state index is 1.73. The van der Waals surface area contributed by atoms with E-state index in [9.17, 15) is 0 Å². The van der Waals surface area contributed by atoms with Crippen molar-refractivity contribution in [2.45, 2.75) is 25.7 Å². The van der Waals surface area contributed by atoms with Crippen molar-refractivity contribution < 1.29 is 0 Å². The Morgan fingerprint density at radius 1 is 0.312 bits per heavy atom. The standard InChI is InChI=1S/C16H8/c1-2-6-5(1)9-10(6)14-13(9)15-11-7-3-4-8(7)12(11)16(14)15/h1-4H2. The van der Waals surface area contributed by atoms with Crippen molar-refractivity contribution in [3.63, 3.8) is 0 Å². The minimum atomic E-state index is 1.37. The summed E-state index contributed by atoms with van der Waals surface area (Å²) in [5.41, 5.74) is 6.93. The third-order valence-corrected chi connectivity index (χ3v) is 5.69. The van der Waals surface area contributed by atoms with Crippen molar-refractivity contribution in [3.05, 3.63) is 22.3 Å². The molecule has 2 aliphatic rings. The Labute approximate surface area is 91.5 Å². The average molecular weight is 200 g/mol. The van der Waals surface area contributed by atoms with Gasteiger partial charge in [-0.25, -0.2) is 0 Å². The predicted molar refractivity (Wildman–Crippen MR) is 67.2 cm³/mol. The van der Waals surface area contributed by atoms with E-state index in [-0.39, 0.29) is 0 Å². The fraction of sp³-hybridized carbons (Fsp3) is 0.250. The zero-order valence-corrected chi connectivity index (χ0v) is 8.83. The van der Waals surface area contributed by atoms with Gasteiger partial charge in [0.25, 0.3) is 0 Å². The molecule has 0 amide bonds. The molecule has 2 aliphatic carbocycles. The number of hydrogen-bond donors (Lipinski definition) is 0. The fourth-order valence-corrected chi connectivity index (χ4v) is 4.75. The van der Waals surface area contributed by atoms with Gasteiger partial charge in [0.05, 0.1) is 0 Å². The molecule has 0 N–H and O–H groups in total. The second-order valence-corrected chi connectivity index (χ2v) is 5.91. The van der Waals surface area contributed by atoms with E-state index in [0.29, 0.717) is 0 Å². The van der Waals surface area contributed by atoms with Gasteiger partial charge >= 0.3 is 0 Å². The van der Waals surface area contributed by atoms with E-state index in [1.807, 2.05) is 0 Å². The van der Waals surface area contributed by atoms with Crippen LogP contribution in [0.5, 0.6) is 0 Å². The van der Waals surface area contributed by atoms with Crippen molar-refractivity contribution in [3.8, 4) is 0 Å². The highest BCUT2D eigenvalue weighted by Gasteiger charge is 2.41. The molecule has 0 bridgehead atoms. The summed E-state index contributed by atoms with van der Waals surface area (Å²) < 4.78 is 0. The molecule has 0 atom stereocenters. The molecule has 7 rings (SSSR count). The summed E-state index contributed by atoms with van der Waals surface area (Å²) in [5, 5.41) is 13.6. The van der Waals surface area contributed by atoms with Gasteiger partial charge in [0.2, 0.25) is 0 Å². The largest absolute Gasteiger partial charge is 0.0353 e. The molecule has 0 nitrogen and oxygen atoms in total. The summed E-state index contributed by atoms with van der Waals surface area (Å²) in [7, 11) is 0. The van der Waals surface area contributed by atoms with Gasteiger partial charge in [0, 0.05) is 0 Å². The summed E-state index contributed by atoms with van der Waals surface area (Å²) in [6.45, 7) is 0. The van der Waals surface area contributed by atoms with Crippen molar-refractivity contribution in [1.82, 2.24) is 0 Å². The summed E-state index contributed by atoms with van der Waals surface area (Å²) in [5.74, 6) is 0. The molecular weight excluding hydrogens is 192 g/mol. The van der Waals surface area contributed by atoms with Crippen molar-refractivity contribution in [2.75, 3.05) is 0 Å². The van der Waals surface area contributed by atoms with Crippen LogP contribution in [0, 0.1) is 0 Å². The maximum Gasteiger partial charge on any atom is -0.000398 e. The van der Waals surface area contributed by atoms with Gasteiger partial charge in [-0.15, -0.1) is 0 Å². The van der Waals surface area contributed by atoms with E-state index in [0.717, 1.165) is 0 Å². The lowest BCUT2D eigenvalue weighted by Gasteiger charge is -2.43. The zero-order valence-electron chi connectivity index (χ0n) is 8.83. The van der Waals surface area contributed by atoms with Crippen LogP contribution in [0.3, 0.4) is 0 Å². The van der Waals surface area contributed by atoms with Crippen LogP contribution >= 0.6 is 0 Å². The number of benzene rings is 4. The van der Waals surface area contributed by atoms with Crippen LogP contribution in [0.1, 0.15) is 22.3 Å². The Balaban J connectivity index is 1.81. The van der Waals surface area contributed by atoms with Gasteiger partial charge in [-0.05, 0) is 91.0 Å². The normalized spacial score (nSPS) is 19.5. The van der Waals surface area contributed by atoms with Crippen LogP contribution < -0.4 is 0 Å². The molecule has 0 heteroatoms. The molecule has 5 aromatic rings. The van der Waals surface area contributed by atoms with E-state index >= 15 is 0 Å². The van der Waals surface area contributed by atoms with E-state index in [1.165, 1.54) is 25.7 Å². The molecule has 0 heterocycles. The van der Waals surface area contributed by atoms with Gasteiger partial charge in [0.1, 0.15) is 0 Å². The average Bonchev–Trinajstić information content (AvgIpc) is 2.19. The second-order valence-electron chi connectivity index (χ2n) is 5.91. The summed E-state index contributed by atoms with van der Waals surface area (Å²) in [6.07, 6.45) is 5.47. The minimum absolute atomic E-state index is 1.37. The Morgan fingerprint density at radius 3 is 0.750 bits per heavy atom. The van der Waals surface area contributed by atoms with Crippen LogP contribution in [0.15, 0.2) is 0 Å². The first-order chi connectivity index (χ1) is 7.97. The van der Waals surface area contributed by atoms with Gasteiger partial charge in [-0.3, -0.25) is 0 Å². The highest BCUT2D eigenvalue weighted by atomic mass is 14.4. The number of fused-ring (bicyclic) bond motifs is 16. The lowest BCUT2D eigenvalue weighted by atomic mass is 9.60. The van der Waals surface area contributed by atoms with Crippen LogP contribution in [0.25, 0.3) is 43.1 Å². The first-order valence-electron chi connectivity index (χ1n) is 6.41. The van der Waals surface area contributed by atoms with Gasteiger partial charge in [0.15, 0.2) is 0 Å². The molecule has 0 radical (unpaired) electrons. The SMILES string of the molecule is C1Cc2c1c1c2c2c1c1c3c4c(c3c21)CC4. The molecule has 72 valence electrons. The molecule has 0 fully saturated rings. The predicted octanol–water partition coefficient (Wildman–Crippen LogP) is 3.69. The molecule has 16 heavy (non-hydrogen) atoms. The highest BCUT2D eigenvalue weighted by molar-refractivity contribution is 6.60. The van der Waals surface area contributed by atoms with E-state index in [4.69, 9.17) is 0 Å². The van der Waals surface area contributed by atoms with Crippen LogP contribution in [0.4, 0.5) is 0 Å².